The van der Waals surface area contributed by atoms with Gasteiger partial charge < -0.3 is 5.32 Å². The van der Waals surface area contributed by atoms with Crippen molar-refractivity contribution in [1.29, 1.82) is 0 Å². The number of nitrogens with one attached hydrogen (secondary N) is 2. The second-order valence-electron chi connectivity index (χ2n) is 4.96. The number of carbonyl (C=O) groups excluding carboxylic acids is 1. The highest BCUT2D eigenvalue weighted by Gasteiger charge is 2.12. The average molecular weight is 316 g/mol. The number of anilines is 2. The molecule has 0 atom stereocenters. The van der Waals surface area contributed by atoms with Crippen LogP contribution in [0, 0.1) is 13.8 Å². The zero-order valence-electron chi connectivity index (χ0n) is 12.1. The Kier molecular flexibility index (Phi) is 3.68. The summed E-state index contributed by atoms with van der Waals surface area (Å²) in [5.41, 5.74) is 3.43. The second kappa shape index (κ2) is 5.65. The van der Waals surface area contributed by atoms with Crippen molar-refractivity contribution < 1.29 is 4.79 Å². The van der Waals surface area contributed by atoms with Crippen LogP contribution in [0.3, 0.4) is 0 Å². The van der Waals surface area contributed by atoms with E-state index >= 15 is 0 Å². The van der Waals surface area contributed by atoms with Gasteiger partial charge in [-0.05, 0) is 37.6 Å². The molecule has 0 unspecified atom stereocenters. The molecule has 2 aromatic heterocycles. The quantitative estimate of drug-likeness (QED) is 0.709. The molecule has 0 aliphatic rings. The smallest absolute Gasteiger partial charge is 0.307 e. The molecule has 6 nitrogen and oxygen atoms in total. The fourth-order valence-electron chi connectivity index (χ4n) is 2.19. The molecule has 0 radical (unpaired) electrons. The van der Waals surface area contributed by atoms with Crippen molar-refractivity contribution in [3.63, 3.8) is 0 Å². The maximum absolute atomic E-state index is 12.1. The first kappa shape index (κ1) is 14.3. The van der Waals surface area contributed by atoms with Gasteiger partial charge in [0.15, 0.2) is 5.65 Å². The third kappa shape index (κ3) is 2.73. The number of carbonyl (C=O) groups is 1. The number of amides is 2. The second-order valence-corrected chi connectivity index (χ2v) is 5.35. The molecule has 7 heteroatoms. The van der Waals surface area contributed by atoms with Gasteiger partial charge in [0.2, 0.25) is 5.95 Å². The minimum Gasteiger partial charge on any atom is -0.307 e. The summed E-state index contributed by atoms with van der Waals surface area (Å²) in [4.78, 5) is 12.1. The molecule has 0 spiro atoms. The fraction of sp³-hybridized carbons (Fsp3) is 0.133. The van der Waals surface area contributed by atoms with Gasteiger partial charge in [-0.2, -0.15) is 0 Å². The summed E-state index contributed by atoms with van der Waals surface area (Å²) >= 11 is 6.10. The van der Waals surface area contributed by atoms with Gasteiger partial charge in [-0.15, -0.1) is 10.2 Å². The Morgan fingerprint density at radius 2 is 1.95 bits per heavy atom. The van der Waals surface area contributed by atoms with Crippen molar-refractivity contribution in [1.82, 2.24) is 14.6 Å². The number of pyridine rings is 1. The molecule has 22 heavy (non-hydrogen) atoms. The van der Waals surface area contributed by atoms with Crippen LogP contribution in [0.5, 0.6) is 0 Å². The predicted molar refractivity (Wildman–Crippen MR) is 86.6 cm³/mol. The van der Waals surface area contributed by atoms with Crippen molar-refractivity contribution in [3.05, 3.63) is 52.7 Å². The van der Waals surface area contributed by atoms with E-state index in [1.807, 2.05) is 32.0 Å². The first-order chi connectivity index (χ1) is 10.5. The number of benzene rings is 1. The third-order valence-electron chi connectivity index (χ3n) is 3.24. The van der Waals surface area contributed by atoms with Gasteiger partial charge in [-0.1, -0.05) is 35.4 Å². The molecular weight excluding hydrogens is 302 g/mol. The molecule has 3 aromatic rings. The molecule has 112 valence electrons. The molecule has 1 aromatic carbocycles. The monoisotopic (exact) mass is 315 g/mol. The van der Waals surface area contributed by atoms with Gasteiger partial charge in [-0.3, -0.25) is 9.72 Å². The Morgan fingerprint density at radius 3 is 2.73 bits per heavy atom. The van der Waals surface area contributed by atoms with Crippen molar-refractivity contribution in [2.75, 3.05) is 10.6 Å². The van der Waals surface area contributed by atoms with Crippen molar-refractivity contribution in [2.24, 2.45) is 0 Å². The van der Waals surface area contributed by atoms with Crippen LogP contribution in [0.1, 0.15) is 11.1 Å². The third-order valence-corrected chi connectivity index (χ3v) is 3.53. The zero-order valence-corrected chi connectivity index (χ0v) is 12.8. The Hall–Kier alpha value is -2.60. The first-order valence-electron chi connectivity index (χ1n) is 6.69. The normalized spacial score (nSPS) is 10.7. The van der Waals surface area contributed by atoms with Gasteiger partial charge >= 0.3 is 6.03 Å². The number of urea groups is 1. The molecule has 0 saturated heterocycles. The molecule has 0 fully saturated rings. The number of fused-ring (bicyclic) bond motifs is 1. The number of hydrogen-bond donors (Lipinski definition) is 2. The van der Waals surface area contributed by atoms with E-state index in [0.717, 1.165) is 16.8 Å². The fourth-order valence-corrected chi connectivity index (χ4v) is 2.43. The van der Waals surface area contributed by atoms with E-state index in [1.165, 1.54) is 0 Å². The lowest BCUT2D eigenvalue weighted by Crippen LogP contribution is -2.21. The molecule has 0 saturated carbocycles. The number of rotatable bonds is 2. The Morgan fingerprint density at radius 1 is 1.14 bits per heavy atom. The number of aromatic nitrogens is 3. The summed E-state index contributed by atoms with van der Waals surface area (Å²) in [7, 11) is 0. The molecule has 2 N–H and O–H groups in total. The van der Waals surface area contributed by atoms with Gasteiger partial charge in [0.1, 0.15) is 5.15 Å². The Bertz CT molecular complexity index is 858. The average Bonchev–Trinajstić information content (AvgIpc) is 2.86. The van der Waals surface area contributed by atoms with E-state index in [-0.39, 0.29) is 5.95 Å². The molecular formula is C15H14ClN5O. The number of aryl methyl sites for hydroxylation is 2. The van der Waals surface area contributed by atoms with Crippen LogP contribution >= 0.6 is 11.6 Å². The van der Waals surface area contributed by atoms with E-state index in [2.05, 4.69) is 20.8 Å². The highest BCUT2D eigenvalue weighted by atomic mass is 35.5. The lowest BCUT2D eigenvalue weighted by molar-refractivity contribution is 0.262. The largest absolute Gasteiger partial charge is 0.326 e. The summed E-state index contributed by atoms with van der Waals surface area (Å²) in [5, 5.41) is 13.7. The summed E-state index contributed by atoms with van der Waals surface area (Å²) < 4.78 is 1.56. The molecule has 2 amide bonds. The highest BCUT2D eigenvalue weighted by molar-refractivity contribution is 6.30. The van der Waals surface area contributed by atoms with Crippen LogP contribution in [0.2, 0.25) is 5.15 Å². The van der Waals surface area contributed by atoms with E-state index < -0.39 is 6.03 Å². The molecule has 0 aliphatic carbocycles. The standard InChI is InChI=1S/C15H14ClN5O/c1-9-6-7-11(10(2)8-9)17-15(22)18-14-20-19-13-5-3-4-12(16)21(13)14/h3-8H,1-2H3,(H2,17,18,20,22). The summed E-state index contributed by atoms with van der Waals surface area (Å²) in [6.07, 6.45) is 0. The predicted octanol–water partition coefficient (Wildman–Crippen LogP) is 3.64. The van der Waals surface area contributed by atoms with Crippen molar-refractivity contribution >= 4 is 34.9 Å². The topological polar surface area (TPSA) is 71.3 Å². The van der Waals surface area contributed by atoms with Crippen LogP contribution in [0.4, 0.5) is 16.4 Å². The van der Waals surface area contributed by atoms with Gasteiger partial charge in [-0.25, -0.2) is 4.79 Å². The van der Waals surface area contributed by atoms with Crippen LogP contribution in [-0.4, -0.2) is 20.6 Å². The maximum Gasteiger partial charge on any atom is 0.326 e. The summed E-state index contributed by atoms with van der Waals surface area (Å²) in [5.74, 6) is 0.267. The molecule has 0 aliphatic heterocycles. The lowest BCUT2D eigenvalue weighted by Gasteiger charge is -2.10. The summed E-state index contributed by atoms with van der Waals surface area (Å²) in [6, 6.07) is 10.6. The SMILES string of the molecule is Cc1ccc(NC(=O)Nc2nnc3cccc(Cl)n23)c(C)c1. The molecule has 3 rings (SSSR count). The van der Waals surface area contributed by atoms with E-state index in [0.29, 0.717) is 10.8 Å². The van der Waals surface area contributed by atoms with E-state index in [9.17, 15) is 4.79 Å². The van der Waals surface area contributed by atoms with Crippen molar-refractivity contribution in [3.8, 4) is 0 Å². The van der Waals surface area contributed by atoms with E-state index in [1.54, 1.807) is 22.6 Å². The number of halogens is 1. The van der Waals surface area contributed by atoms with Crippen LogP contribution < -0.4 is 10.6 Å². The minimum absolute atomic E-state index is 0.267. The van der Waals surface area contributed by atoms with Crippen LogP contribution in [0.25, 0.3) is 5.65 Å². The lowest BCUT2D eigenvalue weighted by atomic mass is 10.1. The zero-order chi connectivity index (χ0) is 15.7. The summed E-state index contributed by atoms with van der Waals surface area (Å²) in [6.45, 7) is 3.94. The minimum atomic E-state index is -0.402. The number of hydrogen-bond acceptors (Lipinski definition) is 3. The van der Waals surface area contributed by atoms with Gasteiger partial charge in [0, 0.05) is 5.69 Å². The van der Waals surface area contributed by atoms with Gasteiger partial charge in [0.25, 0.3) is 0 Å². The number of nitrogens with zero attached hydrogens (tertiary/aromatic N) is 3. The Balaban J connectivity index is 1.81. The molecule has 0 bridgehead atoms. The first-order valence-corrected chi connectivity index (χ1v) is 7.07. The van der Waals surface area contributed by atoms with E-state index in [4.69, 9.17) is 11.6 Å². The van der Waals surface area contributed by atoms with Gasteiger partial charge in [0.05, 0.1) is 0 Å². The van der Waals surface area contributed by atoms with Crippen LogP contribution in [-0.2, 0) is 0 Å². The molecule has 2 heterocycles. The highest BCUT2D eigenvalue weighted by Crippen LogP contribution is 2.18. The Labute approximate surface area is 132 Å². The van der Waals surface area contributed by atoms with Crippen molar-refractivity contribution in [2.45, 2.75) is 13.8 Å². The maximum atomic E-state index is 12.1. The van der Waals surface area contributed by atoms with Crippen LogP contribution in [0.15, 0.2) is 36.4 Å².